The molecule has 5 heteroatoms. The summed E-state index contributed by atoms with van der Waals surface area (Å²) in [6.07, 6.45) is 5.41. The second kappa shape index (κ2) is 7.50. The summed E-state index contributed by atoms with van der Waals surface area (Å²) in [6.45, 7) is 4.11. The van der Waals surface area contributed by atoms with Crippen LogP contribution >= 0.6 is 11.8 Å². The molecule has 0 aromatic carbocycles. The van der Waals surface area contributed by atoms with Crippen LogP contribution < -0.4 is 10.6 Å². The Kier molecular flexibility index (Phi) is 5.98. The van der Waals surface area contributed by atoms with Gasteiger partial charge in [-0.05, 0) is 43.6 Å². The molecule has 110 valence electrons. The minimum atomic E-state index is 0.0983. The number of ether oxygens (including phenoxy) is 1. The Bertz CT molecular complexity index is 288. The number of hydrogen-bond donors (Lipinski definition) is 2. The van der Waals surface area contributed by atoms with E-state index < -0.39 is 0 Å². The van der Waals surface area contributed by atoms with Crippen LogP contribution in [0.3, 0.4) is 0 Å². The third kappa shape index (κ3) is 4.65. The molecule has 2 rings (SSSR count). The Morgan fingerprint density at radius 2 is 2.21 bits per heavy atom. The Morgan fingerprint density at radius 1 is 1.42 bits per heavy atom. The van der Waals surface area contributed by atoms with Crippen LogP contribution in [0.5, 0.6) is 0 Å². The average Bonchev–Trinajstić information content (AvgIpc) is 2.44. The van der Waals surface area contributed by atoms with Crippen LogP contribution in [-0.2, 0) is 9.53 Å². The zero-order chi connectivity index (χ0) is 13.6. The number of nitrogens with one attached hydrogen (secondary N) is 2. The predicted octanol–water partition coefficient (Wildman–Crippen LogP) is 1.55. The van der Waals surface area contributed by atoms with Crippen molar-refractivity contribution in [2.24, 2.45) is 0 Å². The molecule has 1 atom stereocenters. The van der Waals surface area contributed by atoms with Crippen molar-refractivity contribution >= 4 is 17.7 Å². The lowest BCUT2D eigenvalue weighted by Crippen LogP contribution is -2.50. The molecular formula is C14H26N2O2S. The molecule has 0 aromatic heterocycles. The summed E-state index contributed by atoms with van der Waals surface area (Å²) < 4.78 is 6.05. The summed E-state index contributed by atoms with van der Waals surface area (Å²) in [7, 11) is 0. The maximum absolute atomic E-state index is 11.6. The van der Waals surface area contributed by atoms with Gasteiger partial charge in [0.05, 0.1) is 12.1 Å². The molecular weight excluding hydrogens is 260 g/mol. The molecule has 2 aliphatic rings. The Balaban J connectivity index is 1.73. The summed E-state index contributed by atoms with van der Waals surface area (Å²) in [5.74, 6) is 2.54. The molecule has 0 aromatic rings. The van der Waals surface area contributed by atoms with Gasteiger partial charge in [0.1, 0.15) is 0 Å². The van der Waals surface area contributed by atoms with Gasteiger partial charge in [0.15, 0.2) is 0 Å². The summed E-state index contributed by atoms with van der Waals surface area (Å²) >= 11 is 2.03. The highest BCUT2D eigenvalue weighted by atomic mass is 32.2. The highest BCUT2D eigenvalue weighted by Gasteiger charge is 2.38. The molecule has 0 saturated carbocycles. The predicted molar refractivity (Wildman–Crippen MR) is 79.6 cm³/mol. The van der Waals surface area contributed by atoms with Gasteiger partial charge in [0.2, 0.25) is 5.91 Å². The Hall–Kier alpha value is -0.260. The number of amides is 1. The van der Waals surface area contributed by atoms with E-state index in [0.29, 0.717) is 12.6 Å². The van der Waals surface area contributed by atoms with Gasteiger partial charge < -0.3 is 15.4 Å². The van der Waals surface area contributed by atoms with Crippen LogP contribution in [0.15, 0.2) is 0 Å². The van der Waals surface area contributed by atoms with E-state index in [0.717, 1.165) is 45.3 Å². The van der Waals surface area contributed by atoms with Gasteiger partial charge in [-0.2, -0.15) is 11.8 Å². The topological polar surface area (TPSA) is 50.4 Å². The quantitative estimate of drug-likeness (QED) is 0.805. The van der Waals surface area contributed by atoms with Gasteiger partial charge in [0.25, 0.3) is 0 Å². The van der Waals surface area contributed by atoms with Crippen molar-refractivity contribution in [2.75, 3.05) is 31.2 Å². The lowest BCUT2D eigenvalue weighted by Gasteiger charge is -2.43. The lowest BCUT2D eigenvalue weighted by atomic mass is 9.85. The van der Waals surface area contributed by atoms with Crippen molar-refractivity contribution in [3.8, 4) is 0 Å². The van der Waals surface area contributed by atoms with Crippen LogP contribution in [0.25, 0.3) is 0 Å². The van der Waals surface area contributed by atoms with Crippen molar-refractivity contribution < 1.29 is 9.53 Å². The number of thioether (sulfide) groups is 1. The maximum Gasteiger partial charge on any atom is 0.233 e. The van der Waals surface area contributed by atoms with Crippen LogP contribution in [0.2, 0.25) is 0 Å². The van der Waals surface area contributed by atoms with Crippen molar-refractivity contribution in [1.29, 1.82) is 0 Å². The normalized spacial score (nSPS) is 26.3. The largest absolute Gasteiger partial charge is 0.375 e. The minimum absolute atomic E-state index is 0.0983. The SMILES string of the molecule is CCCNC(=O)CNC1CCOC2(CCSCC2)C1. The molecule has 2 fully saturated rings. The third-order valence-corrected chi connectivity index (χ3v) is 5.01. The zero-order valence-electron chi connectivity index (χ0n) is 11.9. The van der Waals surface area contributed by atoms with E-state index in [1.165, 1.54) is 11.5 Å². The molecule has 2 N–H and O–H groups in total. The summed E-state index contributed by atoms with van der Waals surface area (Å²) in [5, 5.41) is 6.31. The first-order valence-electron chi connectivity index (χ1n) is 7.46. The lowest BCUT2D eigenvalue weighted by molar-refractivity contribution is -0.121. The van der Waals surface area contributed by atoms with Crippen molar-refractivity contribution in [3.05, 3.63) is 0 Å². The fourth-order valence-corrected chi connectivity index (χ4v) is 4.09. The third-order valence-electron chi connectivity index (χ3n) is 4.02. The number of rotatable bonds is 5. The first-order valence-corrected chi connectivity index (χ1v) is 8.61. The van der Waals surface area contributed by atoms with Crippen molar-refractivity contribution in [1.82, 2.24) is 10.6 Å². The highest BCUT2D eigenvalue weighted by molar-refractivity contribution is 7.99. The molecule has 0 aliphatic carbocycles. The van der Waals surface area contributed by atoms with E-state index in [9.17, 15) is 4.79 Å². The van der Waals surface area contributed by atoms with Crippen molar-refractivity contribution in [2.45, 2.75) is 50.7 Å². The molecule has 1 spiro atoms. The van der Waals surface area contributed by atoms with Crippen LogP contribution in [0, 0.1) is 0 Å². The van der Waals surface area contributed by atoms with Gasteiger partial charge in [-0.1, -0.05) is 6.92 Å². The zero-order valence-corrected chi connectivity index (χ0v) is 12.7. The Labute approximate surface area is 120 Å². The maximum atomic E-state index is 11.6. The Morgan fingerprint density at radius 3 is 2.95 bits per heavy atom. The smallest absolute Gasteiger partial charge is 0.233 e. The van der Waals surface area contributed by atoms with E-state index in [4.69, 9.17) is 4.74 Å². The molecule has 0 radical (unpaired) electrons. The fourth-order valence-electron chi connectivity index (χ4n) is 2.86. The van der Waals surface area contributed by atoms with Crippen LogP contribution in [0.4, 0.5) is 0 Å². The van der Waals surface area contributed by atoms with Crippen LogP contribution in [-0.4, -0.2) is 48.8 Å². The molecule has 2 aliphatic heterocycles. The molecule has 1 amide bonds. The molecule has 2 saturated heterocycles. The monoisotopic (exact) mass is 286 g/mol. The highest BCUT2D eigenvalue weighted by Crippen LogP contribution is 2.37. The van der Waals surface area contributed by atoms with E-state index in [2.05, 4.69) is 17.6 Å². The van der Waals surface area contributed by atoms with Gasteiger partial charge in [-0.3, -0.25) is 4.79 Å². The standard InChI is InChI=1S/C14H26N2O2S/c1-2-6-15-13(17)11-16-12-3-7-18-14(10-12)4-8-19-9-5-14/h12,16H,2-11H2,1H3,(H,15,17). The van der Waals surface area contributed by atoms with E-state index in [1.54, 1.807) is 0 Å². The first-order chi connectivity index (χ1) is 9.24. The van der Waals surface area contributed by atoms with Gasteiger partial charge >= 0.3 is 0 Å². The second-order valence-corrected chi connectivity index (χ2v) is 6.79. The van der Waals surface area contributed by atoms with E-state index >= 15 is 0 Å². The van der Waals surface area contributed by atoms with Gasteiger partial charge in [0, 0.05) is 19.2 Å². The average molecular weight is 286 g/mol. The molecule has 1 unspecified atom stereocenters. The summed E-state index contributed by atoms with van der Waals surface area (Å²) in [5.41, 5.74) is 0.0983. The molecule has 19 heavy (non-hydrogen) atoms. The van der Waals surface area contributed by atoms with Crippen LogP contribution in [0.1, 0.15) is 39.0 Å². The van der Waals surface area contributed by atoms with Gasteiger partial charge in [-0.15, -0.1) is 0 Å². The van der Waals surface area contributed by atoms with E-state index in [-0.39, 0.29) is 11.5 Å². The van der Waals surface area contributed by atoms with Crippen molar-refractivity contribution in [3.63, 3.8) is 0 Å². The molecule has 4 nitrogen and oxygen atoms in total. The second-order valence-electron chi connectivity index (χ2n) is 5.56. The van der Waals surface area contributed by atoms with E-state index in [1.807, 2.05) is 11.8 Å². The summed E-state index contributed by atoms with van der Waals surface area (Å²) in [6, 6.07) is 0.434. The fraction of sp³-hybridized carbons (Fsp3) is 0.929. The molecule has 2 heterocycles. The minimum Gasteiger partial charge on any atom is -0.375 e. The summed E-state index contributed by atoms with van der Waals surface area (Å²) in [4.78, 5) is 11.6. The number of carbonyl (C=O) groups is 1. The first kappa shape index (κ1) is 15.1. The number of hydrogen-bond acceptors (Lipinski definition) is 4. The van der Waals surface area contributed by atoms with Gasteiger partial charge in [-0.25, -0.2) is 0 Å². The number of carbonyl (C=O) groups excluding carboxylic acids is 1. The molecule has 0 bridgehead atoms.